The third-order valence-corrected chi connectivity index (χ3v) is 3.25. The van der Waals surface area contributed by atoms with Crippen LogP contribution in [0.3, 0.4) is 0 Å². The molecule has 4 nitrogen and oxygen atoms in total. The van der Waals surface area contributed by atoms with Gasteiger partial charge in [-0.2, -0.15) is 8.42 Å². The molecule has 1 aliphatic heterocycles. The number of rotatable bonds is 3. The molecule has 5 heteroatoms. The summed E-state index contributed by atoms with van der Waals surface area (Å²) in [6, 6.07) is 6.49. The van der Waals surface area contributed by atoms with E-state index < -0.39 is 10.1 Å². The van der Waals surface area contributed by atoms with E-state index in [1.807, 2.05) is 6.92 Å². The van der Waals surface area contributed by atoms with E-state index in [9.17, 15) is 8.42 Å². The molecule has 0 saturated carbocycles. The Labute approximate surface area is 88.3 Å². The molecule has 0 aromatic heterocycles. The van der Waals surface area contributed by atoms with Crippen LogP contribution in [0.2, 0.25) is 0 Å². The zero-order valence-electron chi connectivity index (χ0n) is 8.14. The average Bonchev–Trinajstić information content (AvgIpc) is 2.13. The van der Waals surface area contributed by atoms with Crippen LogP contribution in [-0.4, -0.2) is 15.0 Å². The van der Waals surface area contributed by atoms with Gasteiger partial charge in [-0.25, -0.2) is 0 Å². The van der Waals surface area contributed by atoms with Crippen LogP contribution in [0.25, 0.3) is 0 Å². The fourth-order valence-corrected chi connectivity index (χ4v) is 2.02. The van der Waals surface area contributed by atoms with E-state index in [2.05, 4.69) is 4.74 Å². The maximum absolute atomic E-state index is 11.6. The molecule has 0 spiro atoms. The van der Waals surface area contributed by atoms with E-state index in [0.29, 0.717) is 5.76 Å². The van der Waals surface area contributed by atoms with Crippen molar-refractivity contribution in [3.8, 4) is 0 Å². The molecule has 0 unspecified atom stereocenters. The molecule has 2 rings (SSSR count). The van der Waals surface area contributed by atoms with Crippen LogP contribution >= 0.6 is 0 Å². The summed E-state index contributed by atoms with van der Waals surface area (Å²) in [4.78, 5) is 0.154. The van der Waals surface area contributed by atoms with Gasteiger partial charge >= 0.3 is 10.1 Å². The zero-order valence-corrected chi connectivity index (χ0v) is 8.95. The molecule has 0 amide bonds. The number of benzene rings is 1. The maximum Gasteiger partial charge on any atom is 0.339 e. The largest absolute Gasteiger partial charge is 0.489 e. The first-order chi connectivity index (χ1) is 7.08. The molecule has 0 bridgehead atoms. The summed E-state index contributed by atoms with van der Waals surface area (Å²) in [5.41, 5.74) is 1.00. The van der Waals surface area contributed by atoms with E-state index in [4.69, 9.17) is 4.18 Å². The predicted molar refractivity (Wildman–Crippen MR) is 53.5 cm³/mol. The lowest BCUT2D eigenvalue weighted by Crippen LogP contribution is -2.14. The molecule has 80 valence electrons. The summed E-state index contributed by atoms with van der Waals surface area (Å²) >= 11 is 0. The van der Waals surface area contributed by atoms with Crippen molar-refractivity contribution in [2.24, 2.45) is 0 Å². The van der Waals surface area contributed by atoms with Gasteiger partial charge in [-0.15, -0.1) is 0 Å². The lowest BCUT2D eigenvalue weighted by molar-refractivity contribution is 0.158. The van der Waals surface area contributed by atoms with E-state index in [1.54, 1.807) is 12.1 Å². The summed E-state index contributed by atoms with van der Waals surface area (Å²) in [6.07, 6.45) is 1.28. The Morgan fingerprint density at radius 3 is 2.33 bits per heavy atom. The molecule has 1 aromatic carbocycles. The first-order valence-corrected chi connectivity index (χ1v) is 5.80. The van der Waals surface area contributed by atoms with Crippen LogP contribution in [0.4, 0.5) is 0 Å². The third kappa shape index (κ3) is 2.12. The van der Waals surface area contributed by atoms with Gasteiger partial charge in [0.05, 0.1) is 0 Å². The van der Waals surface area contributed by atoms with Crippen molar-refractivity contribution in [2.45, 2.75) is 11.8 Å². The molecule has 0 N–H and O–H groups in total. The van der Waals surface area contributed by atoms with Crippen molar-refractivity contribution >= 4 is 10.1 Å². The summed E-state index contributed by atoms with van der Waals surface area (Å²) < 4.78 is 32.7. The Morgan fingerprint density at radius 2 is 1.87 bits per heavy atom. The minimum absolute atomic E-state index is 0.154. The van der Waals surface area contributed by atoms with Crippen molar-refractivity contribution in [3.05, 3.63) is 41.9 Å². The topological polar surface area (TPSA) is 52.6 Å². The highest BCUT2D eigenvalue weighted by atomic mass is 32.2. The van der Waals surface area contributed by atoms with E-state index in [1.165, 1.54) is 18.4 Å². The quantitative estimate of drug-likeness (QED) is 0.734. The molecule has 15 heavy (non-hydrogen) atoms. The minimum atomic E-state index is -3.69. The smallest absolute Gasteiger partial charge is 0.339 e. The third-order valence-electron chi connectivity index (χ3n) is 1.97. The molecule has 0 fully saturated rings. The number of ether oxygens (including phenoxy) is 1. The monoisotopic (exact) mass is 226 g/mol. The van der Waals surface area contributed by atoms with Crippen molar-refractivity contribution in [1.82, 2.24) is 0 Å². The average molecular weight is 226 g/mol. The summed E-state index contributed by atoms with van der Waals surface area (Å²) in [5, 5.41) is 0. The van der Waals surface area contributed by atoms with Gasteiger partial charge in [0.25, 0.3) is 0 Å². The molecule has 1 aliphatic rings. The van der Waals surface area contributed by atoms with E-state index in [0.717, 1.165) is 5.56 Å². The molecular weight excluding hydrogens is 216 g/mol. The highest BCUT2D eigenvalue weighted by Gasteiger charge is 2.21. The lowest BCUT2D eigenvalue weighted by Gasteiger charge is -2.15. The van der Waals surface area contributed by atoms with E-state index >= 15 is 0 Å². The van der Waals surface area contributed by atoms with Crippen molar-refractivity contribution in [2.75, 3.05) is 6.61 Å². The van der Waals surface area contributed by atoms with Gasteiger partial charge in [0.2, 0.25) is 0 Å². The van der Waals surface area contributed by atoms with Gasteiger partial charge in [-0.3, -0.25) is 0 Å². The molecule has 0 radical (unpaired) electrons. The summed E-state index contributed by atoms with van der Waals surface area (Å²) in [6.45, 7) is 2.10. The zero-order chi connectivity index (χ0) is 10.9. The van der Waals surface area contributed by atoms with Gasteiger partial charge in [-0.05, 0) is 19.1 Å². The first kappa shape index (κ1) is 10.0. The summed E-state index contributed by atoms with van der Waals surface area (Å²) in [7, 11) is -3.69. The van der Waals surface area contributed by atoms with Gasteiger partial charge in [0.15, 0.2) is 5.76 Å². The molecule has 0 aliphatic carbocycles. The predicted octanol–water partition coefficient (Wildman–Crippen LogP) is 1.57. The number of hydrogen-bond donors (Lipinski definition) is 0. The highest BCUT2D eigenvalue weighted by molar-refractivity contribution is 7.86. The lowest BCUT2D eigenvalue weighted by atomic mass is 10.2. The van der Waals surface area contributed by atoms with Crippen LogP contribution in [0, 0.1) is 6.92 Å². The van der Waals surface area contributed by atoms with Crippen molar-refractivity contribution in [3.63, 3.8) is 0 Å². The van der Waals surface area contributed by atoms with Gasteiger partial charge in [0, 0.05) is 0 Å². The number of aryl methyl sites for hydroxylation is 1. The van der Waals surface area contributed by atoms with Gasteiger partial charge in [-0.1, -0.05) is 17.7 Å². The van der Waals surface area contributed by atoms with E-state index in [-0.39, 0.29) is 11.5 Å². The Kier molecular flexibility index (Phi) is 2.40. The Bertz CT molecular complexity index is 485. The molecular formula is C10H10O4S. The minimum Gasteiger partial charge on any atom is -0.489 e. The molecule has 1 aromatic rings. The standard InChI is InChI=1S/C10H10O4S/c1-8-2-4-10(5-3-8)15(11,12)14-9-6-13-7-9/h2-6H,7H2,1H3. The number of hydrogen-bond acceptors (Lipinski definition) is 4. The first-order valence-electron chi connectivity index (χ1n) is 4.40. The second-order valence-corrected chi connectivity index (χ2v) is 4.79. The highest BCUT2D eigenvalue weighted by Crippen LogP contribution is 2.19. The molecule has 0 atom stereocenters. The van der Waals surface area contributed by atoms with Crippen LogP contribution in [0.1, 0.15) is 5.56 Å². The van der Waals surface area contributed by atoms with Crippen LogP contribution < -0.4 is 0 Å². The summed E-state index contributed by atoms with van der Waals surface area (Å²) in [5.74, 6) is 0.329. The van der Waals surface area contributed by atoms with Gasteiger partial charge in [0.1, 0.15) is 17.8 Å². The molecule has 1 heterocycles. The Balaban J connectivity index is 2.24. The fourth-order valence-electron chi connectivity index (χ4n) is 1.09. The second-order valence-electron chi connectivity index (χ2n) is 3.25. The molecule has 0 saturated heterocycles. The Hall–Kier alpha value is -1.49. The normalized spacial score (nSPS) is 14.9. The van der Waals surface area contributed by atoms with Crippen LogP contribution in [0.15, 0.2) is 41.2 Å². The Morgan fingerprint density at radius 1 is 1.27 bits per heavy atom. The SMILES string of the molecule is Cc1ccc(S(=O)(=O)OC2=COC2)cc1. The second kappa shape index (κ2) is 3.58. The fraction of sp³-hybridized carbons (Fsp3) is 0.200. The maximum atomic E-state index is 11.6. The van der Waals surface area contributed by atoms with Crippen LogP contribution in [0.5, 0.6) is 0 Å². The van der Waals surface area contributed by atoms with Crippen molar-refractivity contribution < 1.29 is 17.3 Å². The van der Waals surface area contributed by atoms with Gasteiger partial charge < -0.3 is 8.92 Å². The van der Waals surface area contributed by atoms with Crippen molar-refractivity contribution in [1.29, 1.82) is 0 Å². The van der Waals surface area contributed by atoms with Crippen LogP contribution in [-0.2, 0) is 19.0 Å².